The van der Waals surface area contributed by atoms with Crippen LogP contribution in [0.2, 0.25) is 0 Å². The third-order valence-corrected chi connectivity index (χ3v) is 0. The second-order valence-corrected chi connectivity index (χ2v) is 0. The Morgan fingerprint density at radius 3 is 0.333 bits per heavy atom. The first-order valence-electron chi connectivity index (χ1n) is 0. The minimum Gasteiger partial charge on any atom is -1.00 e. The Kier molecular flexibility index (Phi) is 168000. The smallest absolute Gasteiger partial charge is 1.00 e. The van der Waals surface area contributed by atoms with Crippen LogP contribution in [0.5, 0.6) is 0 Å². The Balaban J connectivity index is 0. The first-order chi connectivity index (χ1) is 0. The van der Waals surface area contributed by atoms with Crippen LogP contribution in [-0.2, 0) is 21.7 Å². The standard InChI is InChI=1S/3B.5H3N.Ti/h;;;5*1H3;/q3*-1;;;;;;+3. The molecule has 0 saturated heterocycles. The van der Waals surface area contributed by atoms with Crippen molar-refractivity contribution >= 4 is 25.2 Å². The normalized spacial score (nSPS) is 0. The number of rotatable bonds is 0. The summed E-state index contributed by atoms with van der Waals surface area (Å²) in [6.07, 6.45) is 0. The summed E-state index contributed by atoms with van der Waals surface area (Å²) >= 11 is 0. The molecule has 0 unspecified atom stereocenters. The molecule has 53 valence electrons. The van der Waals surface area contributed by atoms with Crippen molar-refractivity contribution in [2.75, 3.05) is 0 Å². The van der Waals surface area contributed by atoms with Gasteiger partial charge < -0.3 is 56.0 Å². The molecule has 0 aromatic heterocycles. The molecule has 0 aromatic carbocycles. The summed E-state index contributed by atoms with van der Waals surface area (Å²) in [5.74, 6) is 0. The SMILES string of the molecule is N.N.N.N.N.[B-].[B-].[B-].[Ti+3]. The van der Waals surface area contributed by atoms with Gasteiger partial charge in [-0.25, -0.2) is 0 Å². The van der Waals surface area contributed by atoms with E-state index in [-0.39, 0.29) is 77.7 Å². The third kappa shape index (κ3) is 780. The van der Waals surface area contributed by atoms with Gasteiger partial charge >= 0.3 is 21.7 Å². The third-order valence-electron chi connectivity index (χ3n) is 0. The summed E-state index contributed by atoms with van der Waals surface area (Å²) in [6, 6.07) is 0. The number of hydrogen-bond donors (Lipinski definition) is 5. The maximum absolute atomic E-state index is 0. The van der Waals surface area contributed by atoms with Gasteiger partial charge in [0.05, 0.1) is 0 Å². The molecule has 5 nitrogen and oxygen atoms in total. The predicted molar refractivity (Wildman–Crippen MR) is 42.4 cm³/mol. The Bertz CT molecular complexity index is 12.2. The summed E-state index contributed by atoms with van der Waals surface area (Å²) in [5, 5.41) is 0. The average molecular weight is 165 g/mol. The fourth-order valence-corrected chi connectivity index (χ4v) is 0. The van der Waals surface area contributed by atoms with Crippen LogP contribution in [-0.4, -0.2) is 25.2 Å². The molecule has 15 N–H and O–H groups in total. The molecule has 9 heteroatoms. The van der Waals surface area contributed by atoms with Gasteiger partial charge in [-0.05, 0) is 0 Å². The van der Waals surface area contributed by atoms with Crippen LogP contribution in [0.1, 0.15) is 0 Å². The summed E-state index contributed by atoms with van der Waals surface area (Å²) in [6.45, 7) is 0. The van der Waals surface area contributed by atoms with E-state index < -0.39 is 0 Å². The van der Waals surface area contributed by atoms with E-state index in [2.05, 4.69) is 0 Å². The quantitative estimate of drug-likeness (QED) is 0.308. The molecule has 0 saturated carbocycles. The van der Waals surface area contributed by atoms with Crippen molar-refractivity contribution in [1.82, 2.24) is 30.8 Å². The molecule has 0 bridgehead atoms. The van der Waals surface area contributed by atoms with Crippen molar-refractivity contribution in [3.05, 3.63) is 0 Å². The molecule has 13 radical (unpaired) electrons. The largest absolute Gasteiger partial charge is 3.00 e. The molecular formula is H15B3N5Ti. The molecular weight excluding hydrogens is 150 g/mol. The molecule has 9 heavy (non-hydrogen) atoms. The van der Waals surface area contributed by atoms with Crippen molar-refractivity contribution in [2.24, 2.45) is 0 Å². The molecule has 0 spiro atoms. The van der Waals surface area contributed by atoms with Gasteiger partial charge in [0.1, 0.15) is 0 Å². The molecule has 0 aliphatic rings. The maximum atomic E-state index is 0. The van der Waals surface area contributed by atoms with Gasteiger partial charge in [0.2, 0.25) is 0 Å². The molecule has 0 rings (SSSR count). The molecule has 0 amide bonds. The molecule has 0 heterocycles. The van der Waals surface area contributed by atoms with E-state index in [9.17, 15) is 0 Å². The van der Waals surface area contributed by atoms with Gasteiger partial charge in [-0.15, -0.1) is 0 Å². The van der Waals surface area contributed by atoms with E-state index in [1.807, 2.05) is 0 Å². The van der Waals surface area contributed by atoms with Crippen molar-refractivity contribution < 1.29 is 21.7 Å². The van der Waals surface area contributed by atoms with Gasteiger partial charge in [-0.1, -0.05) is 0 Å². The van der Waals surface area contributed by atoms with Crippen LogP contribution < -0.4 is 30.8 Å². The Hall–Kier alpha value is 0.709. The van der Waals surface area contributed by atoms with Gasteiger partial charge in [-0.3, -0.25) is 0 Å². The topological polar surface area (TPSA) is 175 Å². The van der Waals surface area contributed by atoms with E-state index in [0.717, 1.165) is 0 Å². The van der Waals surface area contributed by atoms with Gasteiger partial charge in [0, 0.05) is 0 Å². The average Bonchev–Trinajstić information content (AvgIpc) is 0. The number of hydrogen-bond acceptors (Lipinski definition) is 5. The van der Waals surface area contributed by atoms with Crippen molar-refractivity contribution in [2.45, 2.75) is 0 Å². The van der Waals surface area contributed by atoms with Crippen molar-refractivity contribution in [3.63, 3.8) is 0 Å². The first kappa shape index (κ1) is 1460. The molecule has 0 aliphatic carbocycles. The van der Waals surface area contributed by atoms with Crippen LogP contribution in [0, 0.1) is 0 Å². The molecule has 0 atom stereocenters. The van der Waals surface area contributed by atoms with E-state index in [1.165, 1.54) is 0 Å². The Morgan fingerprint density at radius 1 is 0.333 bits per heavy atom. The van der Waals surface area contributed by atoms with Gasteiger partial charge in [0.15, 0.2) is 0 Å². The Morgan fingerprint density at radius 2 is 0.333 bits per heavy atom. The maximum Gasteiger partial charge on any atom is 3.00 e. The zero-order chi connectivity index (χ0) is 0. The van der Waals surface area contributed by atoms with E-state index in [1.54, 1.807) is 0 Å². The zero-order valence-corrected chi connectivity index (χ0v) is 7.33. The van der Waals surface area contributed by atoms with Gasteiger partial charge in [-0.2, -0.15) is 0 Å². The second kappa shape index (κ2) is 1030. The summed E-state index contributed by atoms with van der Waals surface area (Å²) in [7, 11) is 0. The van der Waals surface area contributed by atoms with Crippen LogP contribution >= 0.6 is 0 Å². The van der Waals surface area contributed by atoms with Gasteiger partial charge in [0.25, 0.3) is 0 Å². The van der Waals surface area contributed by atoms with Crippen LogP contribution in [0.3, 0.4) is 0 Å². The summed E-state index contributed by atoms with van der Waals surface area (Å²) in [5.41, 5.74) is 0. The summed E-state index contributed by atoms with van der Waals surface area (Å²) < 4.78 is 0. The minimum absolute atomic E-state index is 0. The first-order valence-corrected chi connectivity index (χ1v) is 0. The fourth-order valence-electron chi connectivity index (χ4n) is 0. The second-order valence-electron chi connectivity index (χ2n) is 0. The molecule has 0 aliphatic heterocycles. The minimum atomic E-state index is 0. The van der Waals surface area contributed by atoms with E-state index >= 15 is 0 Å². The molecule has 0 fully saturated rings. The van der Waals surface area contributed by atoms with Crippen molar-refractivity contribution in [1.29, 1.82) is 0 Å². The fraction of sp³-hybridized carbons (Fsp3) is 0. The van der Waals surface area contributed by atoms with E-state index in [0.29, 0.717) is 0 Å². The predicted octanol–water partition coefficient (Wildman–Crippen LogP) is -0.335. The van der Waals surface area contributed by atoms with Crippen LogP contribution in [0.15, 0.2) is 0 Å². The van der Waals surface area contributed by atoms with Crippen molar-refractivity contribution in [3.8, 4) is 0 Å². The summed E-state index contributed by atoms with van der Waals surface area (Å²) in [4.78, 5) is 0. The molecule has 0 aromatic rings. The van der Waals surface area contributed by atoms with Crippen LogP contribution in [0.25, 0.3) is 0 Å². The monoisotopic (exact) mass is 166 g/mol. The zero-order valence-electron chi connectivity index (χ0n) is 5.77. The Labute approximate surface area is 78.0 Å². The van der Waals surface area contributed by atoms with Crippen LogP contribution in [0.4, 0.5) is 0 Å². The van der Waals surface area contributed by atoms with E-state index in [4.69, 9.17) is 0 Å².